The Balaban J connectivity index is 1.50. The number of nitrogens with zero attached hydrogens (tertiary/aromatic N) is 7. The molecule has 0 radical (unpaired) electrons. The molecule has 1 aliphatic rings. The van der Waals surface area contributed by atoms with Crippen LogP contribution in [0.2, 0.25) is 0 Å². The van der Waals surface area contributed by atoms with E-state index in [1.54, 1.807) is 14.5 Å². The Morgan fingerprint density at radius 3 is 1.76 bits per heavy atom. The van der Waals surface area contributed by atoms with E-state index in [2.05, 4.69) is 15.6 Å². The molecule has 18 nitrogen and oxygen atoms in total. The summed E-state index contributed by atoms with van der Waals surface area (Å²) in [4.78, 5) is 76.6. The highest BCUT2D eigenvalue weighted by Gasteiger charge is 2.28. The third kappa shape index (κ3) is 10.9. The summed E-state index contributed by atoms with van der Waals surface area (Å²) in [6, 6.07) is 15.0. The molecule has 18 heteroatoms. The number of aromatic nitrogens is 3. The monoisotopic (exact) mass is 708 g/mol. The molecule has 2 amide bonds. The molecular weight excluding hydrogens is 668 g/mol. The van der Waals surface area contributed by atoms with E-state index in [-0.39, 0.29) is 51.7 Å². The maximum Gasteiger partial charge on any atom is 0.317 e. The molecule has 0 atom stereocenters. The summed E-state index contributed by atoms with van der Waals surface area (Å²) in [6.45, 7) is -0.299. The Morgan fingerprint density at radius 2 is 1.22 bits per heavy atom. The maximum atomic E-state index is 13.2. The van der Waals surface area contributed by atoms with Crippen LogP contribution in [0.25, 0.3) is 22.5 Å². The van der Waals surface area contributed by atoms with E-state index < -0.39 is 56.0 Å². The minimum Gasteiger partial charge on any atom is -0.480 e. The molecule has 272 valence electrons. The summed E-state index contributed by atoms with van der Waals surface area (Å²) in [5.41, 5.74) is 4.41. The number of carboxylic acid groups (broad SMARTS) is 4. The van der Waals surface area contributed by atoms with Gasteiger partial charge >= 0.3 is 23.9 Å². The van der Waals surface area contributed by atoms with Gasteiger partial charge < -0.3 is 30.6 Å². The number of benzene rings is 2. The predicted octanol–water partition coefficient (Wildman–Crippen LogP) is -0.161. The van der Waals surface area contributed by atoms with Gasteiger partial charge in [-0.3, -0.25) is 43.5 Å². The fourth-order valence-corrected chi connectivity index (χ4v) is 5.84. The van der Waals surface area contributed by atoms with Crippen molar-refractivity contribution in [2.45, 2.75) is 20.0 Å². The van der Waals surface area contributed by atoms with E-state index in [1.165, 1.54) is 16.7 Å². The van der Waals surface area contributed by atoms with Crippen LogP contribution >= 0.6 is 0 Å². The fraction of sp³-hybridized carbons (Fsp3) is 0.394. The smallest absolute Gasteiger partial charge is 0.317 e. The molecule has 0 spiro atoms. The lowest BCUT2D eigenvalue weighted by Crippen LogP contribution is -2.47. The van der Waals surface area contributed by atoms with E-state index in [4.69, 9.17) is 0 Å². The summed E-state index contributed by atoms with van der Waals surface area (Å²) in [5.74, 6) is -5.51. The molecule has 5 N–H and O–H groups in total. The first-order valence-corrected chi connectivity index (χ1v) is 16.0. The molecule has 0 saturated heterocycles. The van der Waals surface area contributed by atoms with Crippen molar-refractivity contribution in [2.75, 3.05) is 70.3 Å². The Labute approximate surface area is 292 Å². The summed E-state index contributed by atoms with van der Waals surface area (Å²) >= 11 is 0. The summed E-state index contributed by atoms with van der Waals surface area (Å²) in [5, 5.41) is 48.5. The van der Waals surface area contributed by atoms with Crippen LogP contribution in [0, 0.1) is 0 Å². The largest absolute Gasteiger partial charge is 0.480 e. The van der Waals surface area contributed by atoms with E-state index in [9.17, 15) is 49.2 Å². The van der Waals surface area contributed by atoms with Crippen molar-refractivity contribution in [2.24, 2.45) is 0 Å². The van der Waals surface area contributed by atoms with Gasteiger partial charge in [-0.1, -0.05) is 47.7 Å². The molecule has 51 heavy (non-hydrogen) atoms. The lowest BCUT2D eigenvalue weighted by atomic mass is 9.95. The average molecular weight is 709 g/mol. The van der Waals surface area contributed by atoms with Crippen molar-refractivity contribution < 1.29 is 49.2 Å². The number of carbonyl (C=O) groups is 6. The van der Waals surface area contributed by atoms with Crippen molar-refractivity contribution in [1.82, 2.24) is 35.0 Å². The van der Waals surface area contributed by atoms with Gasteiger partial charge in [-0.15, -0.1) is 5.10 Å². The fourth-order valence-electron chi connectivity index (χ4n) is 5.84. The molecule has 2 aromatic carbocycles. The number of aliphatic carboxylic acids is 4. The molecule has 0 unspecified atom stereocenters. The van der Waals surface area contributed by atoms with Crippen molar-refractivity contribution >= 4 is 41.4 Å². The molecule has 0 saturated carbocycles. The van der Waals surface area contributed by atoms with Gasteiger partial charge in [0.15, 0.2) is 0 Å². The molecule has 2 heterocycles. The molecule has 3 aromatic rings. The minimum atomic E-state index is -1.24. The van der Waals surface area contributed by atoms with Crippen LogP contribution in [0.15, 0.2) is 48.5 Å². The average Bonchev–Trinajstić information content (AvgIpc) is 3.45. The molecule has 4 rings (SSSR count). The van der Waals surface area contributed by atoms with Crippen LogP contribution < -0.4 is 10.2 Å². The SMILES string of the molecule is CC(=O)N1Cc2ccccc2-c2c(nnn2CCNC(=O)CN(CCN(CC(=O)O)CC(=O)O)CCN(CC(=O)O)CC(=O)O)-c2ccccc21. The van der Waals surface area contributed by atoms with Gasteiger partial charge in [0.05, 0.1) is 57.2 Å². The zero-order chi connectivity index (χ0) is 37.1. The number of hydrogen-bond donors (Lipinski definition) is 5. The standard InChI is InChI=1S/C33H40N8O10/c1-22(42)40-16-23-6-2-3-7-24(23)33-32(25-8-4-5-9-26(25)40)35-36-41(33)11-10-34-27(43)17-37(12-14-38(18-28(44)45)19-29(46)47)13-15-39(20-30(48)49)21-31(50)51/h2-9H,10-21H2,1H3,(H,34,43)(H,44,45)(H,46,47)(H,48,49)(H,50,51). The first-order chi connectivity index (χ1) is 24.3. The highest BCUT2D eigenvalue weighted by molar-refractivity contribution is 5.99. The van der Waals surface area contributed by atoms with E-state index >= 15 is 0 Å². The van der Waals surface area contributed by atoms with E-state index in [0.717, 1.165) is 16.7 Å². The van der Waals surface area contributed by atoms with Crippen LogP contribution in [-0.2, 0) is 41.9 Å². The number of anilines is 1. The molecule has 0 aliphatic carbocycles. The molecule has 1 aromatic heterocycles. The summed E-state index contributed by atoms with van der Waals surface area (Å²) in [6.07, 6.45) is 0. The molecule has 0 fully saturated rings. The lowest BCUT2D eigenvalue weighted by Gasteiger charge is -2.28. The van der Waals surface area contributed by atoms with Crippen LogP contribution in [0.3, 0.4) is 0 Å². The zero-order valence-corrected chi connectivity index (χ0v) is 28.0. The number of carboxylic acids is 4. The van der Waals surface area contributed by atoms with Crippen LogP contribution in [0.1, 0.15) is 12.5 Å². The van der Waals surface area contributed by atoms with E-state index in [0.29, 0.717) is 23.6 Å². The number of carbonyl (C=O) groups excluding carboxylic acids is 2. The summed E-state index contributed by atoms with van der Waals surface area (Å²) in [7, 11) is 0. The third-order valence-electron chi connectivity index (χ3n) is 8.08. The van der Waals surface area contributed by atoms with Gasteiger partial charge in [-0.05, 0) is 11.6 Å². The number of hydrogen-bond acceptors (Lipinski definition) is 11. The van der Waals surface area contributed by atoms with Gasteiger partial charge in [0.25, 0.3) is 0 Å². The minimum absolute atomic E-state index is 0.0338. The summed E-state index contributed by atoms with van der Waals surface area (Å²) < 4.78 is 1.68. The van der Waals surface area contributed by atoms with Crippen LogP contribution in [-0.4, -0.2) is 151 Å². The second-order valence-corrected chi connectivity index (χ2v) is 11.9. The zero-order valence-electron chi connectivity index (χ0n) is 28.0. The van der Waals surface area contributed by atoms with Crippen molar-refractivity contribution in [3.8, 4) is 22.5 Å². The van der Waals surface area contributed by atoms with Crippen molar-refractivity contribution in [3.05, 3.63) is 54.1 Å². The number of amides is 2. The highest BCUT2D eigenvalue weighted by atomic mass is 16.4. The number of fused-ring (bicyclic) bond motifs is 5. The third-order valence-corrected chi connectivity index (χ3v) is 8.08. The lowest BCUT2D eigenvalue weighted by molar-refractivity contribution is -0.143. The van der Waals surface area contributed by atoms with Crippen LogP contribution in [0.4, 0.5) is 5.69 Å². The normalized spacial score (nSPS) is 12.1. The van der Waals surface area contributed by atoms with E-state index in [1.807, 2.05) is 48.5 Å². The molecule has 0 bridgehead atoms. The number of para-hydroxylation sites is 1. The second kappa shape index (κ2) is 17.8. The topological polar surface area (TPSA) is 239 Å². The highest BCUT2D eigenvalue weighted by Crippen LogP contribution is 2.40. The maximum absolute atomic E-state index is 13.2. The quantitative estimate of drug-likeness (QED) is 0.109. The van der Waals surface area contributed by atoms with Gasteiger partial charge in [0.1, 0.15) is 5.69 Å². The number of nitrogens with one attached hydrogen (secondary N) is 1. The van der Waals surface area contributed by atoms with Gasteiger partial charge in [0.2, 0.25) is 11.8 Å². The van der Waals surface area contributed by atoms with Crippen molar-refractivity contribution in [3.63, 3.8) is 0 Å². The predicted molar refractivity (Wildman–Crippen MR) is 181 cm³/mol. The first-order valence-electron chi connectivity index (χ1n) is 16.0. The van der Waals surface area contributed by atoms with Gasteiger partial charge in [0, 0.05) is 50.8 Å². The van der Waals surface area contributed by atoms with Gasteiger partial charge in [-0.2, -0.15) is 0 Å². The Hall–Kier alpha value is -5.72. The van der Waals surface area contributed by atoms with Gasteiger partial charge in [-0.25, -0.2) is 4.68 Å². The molecular formula is C33H40N8O10. The first kappa shape index (κ1) is 38.1. The Kier molecular flexibility index (Phi) is 13.3. The van der Waals surface area contributed by atoms with Crippen LogP contribution in [0.5, 0.6) is 0 Å². The second-order valence-electron chi connectivity index (χ2n) is 11.9. The Bertz CT molecular complexity index is 1690. The molecule has 1 aliphatic heterocycles. The number of rotatable bonds is 19. The van der Waals surface area contributed by atoms with Crippen molar-refractivity contribution in [1.29, 1.82) is 0 Å². The Morgan fingerprint density at radius 1 is 0.706 bits per heavy atom.